The molecule has 1 aliphatic rings. The number of carbonyl (C=O) groups is 3. The molecule has 0 saturated heterocycles. The van der Waals surface area contributed by atoms with Crippen LogP contribution < -0.4 is 10.1 Å². The summed E-state index contributed by atoms with van der Waals surface area (Å²) in [5.74, 6) is -0.399. The van der Waals surface area contributed by atoms with Gasteiger partial charge in [-0.15, -0.1) is 0 Å². The number of pyridine rings is 1. The molecule has 0 aliphatic carbocycles. The number of ether oxygens (including phenoxy) is 1. The summed E-state index contributed by atoms with van der Waals surface area (Å²) in [6.07, 6.45) is 1.45. The highest BCUT2D eigenvalue weighted by atomic mass is 16.5. The highest BCUT2D eigenvalue weighted by Gasteiger charge is 2.40. The quantitative estimate of drug-likeness (QED) is 0.657. The van der Waals surface area contributed by atoms with Gasteiger partial charge in [-0.3, -0.25) is 19.3 Å². The summed E-state index contributed by atoms with van der Waals surface area (Å²) in [4.78, 5) is 42.9. The van der Waals surface area contributed by atoms with Crippen molar-refractivity contribution in [2.24, 2.45) is 0 Å². The van der Waals surface area contributed by atoms with Crippen molar-refractivity contribution in [2.75, 3.05) is 5.32 Å². The lowest BCUT2D eigenvalue weighted by atomic mass is 10.1. The van der Waals surface area contributed by atoms with Gasteiger partial charge in [-0.25, -0.2) is 4.98 Å². The maximum atomic E-state index is 12.6. The topological polar surface area (TPSA) is 88.6 Å². The average molecular weight is 401 g/mol. The van der Waals surface area contributed by atoms with E-state index in [0.29, 0.717) is 28.4 Å². The van der Waals surface area contributed by atoms with Crippen LogP contribution in [0.25, 0.3) is 0 Å². The fourth-order valence-electron chi connectivity index (χ4n) is 3.17. The fourth-order valence-corrected chi connectivity index (χ4v) is 3.17. The molecule has 1 aliphatic heterocycles. The number of aromatic nitrogens is 1. The number of anilines is 1. The van der Waals surface area contributed by atoms with Gasteiger partial charge in [-0.2, -0.15) is 0 Å². The molecule has 30 heavy (non-hydrogen) atoms. The van der Waals surface area contributed by atoms with Crippen molar-refractivity contribution in [1.29, 1.82) is 0 Å². The second-order valence-corrected chi connectivity index (χ2v) is 6.99. The van der Waals surface area contributed by atoms with E-state index in [9.17, 15) is 14.4 Å². The molecule has 3 aromatic rings. The molecule has 1 unspecified atom stereocenters. The van der Waals surface area contributed by atoms with Crippen LogP contribution in [0.1, 0.15) is 33.2 Å². The first-order valence-corrected chi connectivity index (χ1v) is 9.42. The van der Waals surface area contributed by atoms with E-state index in [1.54, 1.807) is 36.4 Å². The van der Waals surface area contributed by atoms with E-state index in [4.69, 9.17) is 4.74 Å². The molecule has 7 heteroatoms. The second-order valence-electron chi connectivity index (χ2n) is 6.99. The van der Waals surface area contributed by atoms with Crippen LogP contribution in [-0.4, -0.2) is 33.6 Å². The van der Waals surface area contributed by atoms with Crippen LogP contribution >= 0.6 is 0 Å². The number of hydrogen-bond donors (Lipinski definition) is 1. The number of benzene rings is 2. The smallest absolute Gasteiger partial charge is 0.262 e. The van der Waals surface area contributed by atoms with E-state index in [-0.39, 0.29) is 0 Å². The molecule has 1 aromatic heterocycles. The van der Waals surface area contributed by atoms with Crippen LogP contribution in [0.4, 0.5) is 5.69 Å². The summed E-state index contributed by atoms with van der Waals surface area (Å²) in [5.41, 5.74) is 2.17. The number of rotatable bonds is 5. The van der Waals surface area contributed by atoms with Crippen LogP contribution in [0.3, 0.4) is 0 Å². The molecule has 4 rings (SSSR count). The standard InChI is InChI=1S/C23H19N3O4/c1-14-7-10-17(11-8-14)30-20-12-9-16(13-24-20)25-21(27)15(2)26-22(28)18-5-3-4-6-19(18)23(26)29/h3-13,15H,1-2H3,(H,25,27). The first-order valence-electron chi connectivity index (χ1n) is 9.42. The molecule has 2 heterocycles. The van der Waals surface area contributed by atoms with Crippen molar-refractivity contribution in [2.45, 2.75) is 19.9 Å². The van der Waals surface area contributed by atoms with Gasteiger partial charge in [-0.05, 0) is 44.2 Å². The Morgan fingerprint density at radius 2 is 1.60 bits per heavy atom. The molecule has 0 saturated carbocycles. The Bertz CT molecular complexity index is 1090. The molecular formula is C23H19N3O4. The zero-order valence-corrected chi connectivity index (χ0v) is 16.5. The van der Waals surface area contributed by atoms with Gasteiger partial charge in [0.1, 0.15) is 11.8 Å². The Morgan fingerprint density at radius 1 is 0.967 bits per heavy atom. The lowest BCUT2D eigenvalue weighted by Crippen LogP contribution is -2.45. The van der Waals surface area contributed by atoms with Gasteiger partial charge in [0.05, 0.1) is 23.0 Å². The van der Waals surface area contributed by atoms with Crippen molar-refractivity contribution in [1.82, 2.24) is 9.88 Å². The summed E-state index contributed by atoms with van der Waals surface area (Å²) >= 11 is 0. The van der Waals surface area contributed by atoms with Gasteiger partial charge in [0.25, 0.3) is 11.8 Å². The summed E-state index contributed by atoms with van der Waals surface area (Å²) < 4.78 is 5.66. The first kappa shape index (κ1) is 19.3. The molecule has 0 radical (unpaired) electrons. The first-order chi connectivity index (χ1) is 14.4. The molecule has 0 bridgehead atoms. The zero-order valence-electron chi connectivity index (χ0n) is 16.5. The van der Waals surface area contributed by atoms with Crippen molar-refractivity contribution in [3.63, 3.8) is 0 Å². The molecule has 1 N–H and O–H groups in total. The summed E-state index contributed by atoms with van der Waals surface area (Å²) in [7, 11) is 0. The molecule has 7 nitrogen and oxygen atoms in total. The third-order valence-electron chi connectivity index (χ3n) is 4.84. The van der Waals surface area contributed by atoms with Crippen molar-refractivity contribution >= 4 is 23.4 Å². The van der Waals surface area contributed by atoms with E-state index >= 15 is 0 Å². The number of amides is 3. The summed E-state index contributed by atoms with van der Waals surface area (Å²) in [6.45, 7) is 3.50. The van der Waals surface area contributed by atoms with Crippen LogP contribution in [0.5, 0.6) is 11.6 Å². The number of aryl methyl sites for hydroxylation is 1. The average Bonchev–Trinajstić information content (AvgIpc) is 3.01. The lowest BCUT2D eigenvalue weighted by molar-refractivity contribution is -0.119. The van der Waals surface area contributed by atoms with E-state index in [1.807, 2.05) is 31.2 Å². The molecule has 2 aromatic carbocycles. The van der Waals surface area contributed by atoms with Crippen LogP contribution in [-0.2, 0) is 4.79 Å². The Morgan fingerprint density at radius 3 is 2.17 bits per heavy atom. The maximum absolute atomic E-state index is 12.6. The monoisotopic (exact) mass is 401 g/mol. The van der Waals surface area contributed by atoms with Gasteiger partial charge in [0.2, 0.25) is 11.8 Å². The minimum atomic E-state index is -0.971. The van der Waals surface area contributed by atoms with Gasteiger partial charge >= 0.3 is 0 Å². The molecule has 0 spiro atoms. The molecule has 0 fully saturated rings. The highest BCUT2D eigenvalue weighted by Crippen LogP contribution is 2.25. The Balaban J connectivity index is 1.42. The third kappa shape index (κ3) is 3.65. The molecule has 150 valence electrons. The minimum absolute atomic E-state index is 0.307. The van der Waals surface area contributed by atoms with Crippen molar-refractivity contribution in [3.8, 4) is 11.6 Å². The normalized spacial score (nSPS) is 13.7. The Labute approximate surface area is 173 Å². The minimum Gasteiger partial charge on any atom is -0.439 e. The number of nitrogens with zero attached hydrogens (tertiary/aromatic N) is 2. The van der Waals surface area contributed by atoms with E-state index in [2.05, 4.69) is 10.3 Å². The highest BCUT2D eigenvalue weighted by molar-refractivity contribution is 6.23. The van der Waals surface area contributed by atoms with Gasteiger partial charge < -0.3 is 10.1 Å². The molecule has 1 atom stereocenters. The van der Waals surface area contributed by atoms with Gasteiger partial charge in [-0.1, -0.05) is 29.8 Å². The van der Waals surface area contributed by atoms with E-state index in [1.165, 1.54) is 13.1 Å². The maximum Gasteiger partial charge on any atom is 0.262 e. The van der Waals surface area contributed by atoms with Gasteiger partial charge in [0.15, 0.2) is 0 Å². The lowest BCUT2D eigenvalue weighted by Gasteiger charge is -2.21. The Kier molecular flexibility index (Phi) is 5.02. The number of hydrogen-bond acceptors (Lipinski definition) is 5. The number of nitrogens with one attached hydrogen (secondary N) is 1. The SMILES string of the molecule is Cc1ccc(Oc2ccc(NC(=O)C(C)N3C(=O)c4ccccc4C3=O)cn2)cc1. The van der Waals surface area contributed by atoms with Crippen LogP contribution in [0, 0.1) is 6.92 Å². The summed E-state index contributed by atoms with van der Waals surface area (Å²) in [5, 5.41) is 2.68. The van der Waals surface area contributed by atoms with Crippen LogP contribution in [0.15, 0.2) is 66.9 Å². The summed E-state index contributed by atoms with van der Waals surface area (Å²) in [6, 6.07) is 16.4. The van der Waals surface area contributed by atoms with Crippen LogP contribution in [0.2, 0.25) is 0 Å². The third-order valence-corrected chi connectivity index (χ3v) is 4.84. The number of carbonyl (C=O) groups excluding carboxylic acids is 3. The largest absolute Gasteiger partial charge is 0.439 e. The Hall–Kier alpha value is -4.00. The number of imide groups is 1. The fraction of sp³-hybridized carbons (Fsp3) is 0.130. The zero-order chi connectivity index (χ0) is 21.3. The predicted molar refractivity (Wildman–Crippen MR) is 111 cm³/mol. The van der Waals surface area contributed by atoms with Crippen molar-refractivity contribution < 1.29 is 19.1 Å². The number of fused-ring (bicyclic) bond motifs is 1. The predicted octanol–water partition coefficient (Wildman–Crippen LogP) is 3.81. The second kappa shape index (κ2) is 7.79. The van der Waals surface area contributed by atoms with Crippen molar-refractivity contribution in [3.05, 3.63) is 83.6 Å². The molecular weight excluding hydrogens is 382 g/mol. The van der Waals surface area contributed by atoms with E-state index in [0.717, 1.165) is 10.5 Å². The molecule has 3 amide bonds. The van der Waals surface area contributed by atoms with E-state index < -0.39 is 23.8 Å². The van der Waals surface area contributed by atoms with Gasteiger partial charge in [0, 0.05) is 6.07 Å².